The number of nitrogens with zero attached hydrogens (tertiary/aromatic N) is 2. The third-order valence-electron chi connectivity index (χ3n) is 6.15. The van der Waals surface area contributed by atoms with E-state index in [-0.39, 0.29) is 6.61 Å². The number of aromatic nitrogens is 2. The van der Waals surface area contributed by atoms with Crippen molar-refractivity contribution in [3.8, 4) is 11.3 Å². The van der Waals surface area contributed by atoms with Gasteiger partial charge in [-0.1, -0.05) is 65.9 Å². The van der Waals surface area contributed by atoms with E-state index in [2.05, 4.69) is 10.2 Å². The molecule has 0 saturated carbocycles. The van der Waals surface area contributed by atoms with E-state index in [1.807, 2.05) is 55.5 Å². The van der Waals surface area contributed by atoms with Crippen LogP contribution in [-0.4, -0.2) is 70.5 Å². The molecular formula is C29H30N2O9S. The fraction of sp³-hybridized carbons (Fsp3) is 0.379. The molecule has 0 amide bonds. The van der Waals surface area contributed by atoms with Crippen LogP contribution in [0.2, 0.25) is 0 Å². The Hall–Kier alpha value is -4.03. The van der Waals surface area contributed by atoms with Crippen molar-refractivity contribution >= 4 is 46.4 Å². The Morgan fingerprint density at radius 3 is 1.95 bits per heavy atom. The third kappa shape index (κ3) is 7.39. The van der Waals surface area contributed by atoms with Gasteiger partial charge in [0.25, 0.3) is 0 Å². The predicted molar refractivity (Wildman–Crippen MR) is 148 cm³/mol. The number of esters is 4. The highest BCUT2D eigenvalue weighted by molar-refractivity contribution is 8.00. The molecule has 12 heteroatoms. The number of fused-ring (bicyclic) bond motifs is 1. The van der Waals surface area contributed by atoms with Gasteiger partial charge in [0.2, 0.25) is 0 Å². The monoisotopic (exact) mass is 582 g/mol. The van der Waals surface area contributed by atoms with E-state index < -0.39 is 53.7 Å². The molecule has 216 valence electrons. The standard InChI is InChI=1S/C29H30N2O9S/c1-15-10-12-20(13-11-15)24-21-8-6-7-9-22(21)28(31-30-24)41-29-27(39-19(5)35)26(38-18(4)34)25(37-17(3)33)23(40-29)14-36-16(2)32/h6-13,23,25-27,29H,14H2,1-5H3/t23-,25-,26+,27-,29+/m1/s1. The van der Waals surface area contributed by atoms with Crippen molar-refractivity contribution in [1.82, 2.24) is 10.2 Å². The third-order valence-corrected chi connectivity index (χ3v) is 7.29. The smallest absolute Gasteiger partial charge is 0.303 e. The molecule has 0 bridgehead atoms. The topological polar surface area (TPSA) is 140 Å². The SMILES string of the molecule is CC(=O)OC[C@H]1O[C@@H](Sc2nnc(-c3ccc(C)cc3)c3ccccc23)[C@H](OC(C)=O)[C@@H](OC(C)=O)[C@@H]1OC(C)=O. The molecule has 4 rings (SSSR count). The Bertz CT molecular complexity index is 1450. The van der Waals surface area contributed by atoms with Crippen LogP contribution < -0.4 is 0 Å². The number of hydrogen-bond acceptors (Lipinski definition) is 12. The first kappa shape index (κ1) is 29.9. The second-order valence-corrected chi connectivity index (χ2v) is 10.5. The largest absolute Gasteiger partial charge is 0.463 e. The maximum Gasteiger partial charge on any atom is 0.303 e. The molecule has 1 aliphatic heterocycles. The molecule has 1 saturated heterocycles. The Balaban J connectivity index is 1.77. The molecule has 11 nitrogen and oxygen atoms in total. The zero-order chi connectivity index (χ0) is 29.7. The Morgan fingerprint density at radius 1 is 0.756 bits per heavy atom. The van der Waals surface area contributed by atoms with E-state index in [4.69, 9.17) is 23.7 Å². The van der Waals surface area contributed by atoms with Crippen LogP contribution >= 0.6 is 11.8 Å². The first-order valence-corrected chi connectivity index (χ1v) is 13.7. The van der Waals surface area contributed by atoms with E-state index >= 15 is 0 Å². The fourth-order valence-electron chi connectivity index (χ4n) is 4.48. The van der Waals surface area contributed by atoms with Crippen LogP contribution in [-0.2, 0) is 42.9 Å². The molecule has 1 aromatic heterocycles. The Morgan fingerprint density at radius 2 is 1.34 bits per heavy atom. The number of carbonyl (C=O) groups is 4. The molecule has 0 radical (unpaired) electrons. The summed E-state index contributed by atoms with van der Waals surface area (Å²) >= 11 is 1.09. The lowest BCUT2D eigenvalue weighted by atomic mass is 9.99. The summed E-state index contributed by atoms with van der Waals surface area (Å²) in [6.45, 7) is 6.46. The molecular weight excluding hydrogens is 552 g/mol. The second-order valence-electron chi connectivity index (χ2n) is 9.45. The summed E-state index contributed by atoms with van der Waals surface area (Å²) in [4.78, 5) is 47.9. The summed E-state index contributed by atoms with van der Waals surface area (Å²) in [5, 5.41) is 11.0. The van der Waals surface area contributed by atoms with Crippen LogP contribution in [0.5, 0.6) is 0 Å². The average molecular weight is 583 g/mol. The fourth-order valence-corrected chi connectivity index (χ4v) is 5.64. The normalized spacial score (nSPS) is 22.0. The lowest BCUT2D eigenvalue weighted by Gasteiger charge is -2.44. The molecule has 0 aliphatic carbocycles. The zero-order valence-electron chi connectivity index (χ0n) is 23.2. The molecule has 0 spiro atoms. The van der Waals surface area contributed by atoms with Gasteiger partial charge in [0.05, 0.1) is 0 Å². The van der Waals surface area contributed by atoms with E-state index in [0.717, 1.165) is 33.7 Å². The van der Waals surface area contributed by atoms with E-state index in [1.54, 1.807) is 0 Å². The summed E-state index contributed by atoms with van der Waals surface area (Å²) in [6.07, 6.45) is -4.76. The van der Waals surface area contributed by atoms with E-state index in [9.17, 15) is 19.2 Å². The van der Waals surface area contributed by atoms with Gasteiger partial charge < -0.3 is 23.7 Å². The minimum atomic E-state index is -1.27. The van der Waals surface area contributed by atoms with E-state index in [1.165, 1.54) is 27.7 Å². The van der Waals surface area contributed by atoms with Crippen LogP contribution in [0.25, 0.3) is 22.0 Å². The molecule has 1 aliphatic rings. The van der Waals surface area contributed by atoms with Crippen molar-refractivity contribution in [3.05, 3.63) is 54.1 Å². The molecule has 1 fully saturated rings. The summed E-state index contributed by atoms with van der Waals surface area (Å²) < 4.78 is 28.0. The van der Waals surface area contributed by atoms with Crippen molar-refractivity contribution in [1.29, 1.82) is 0 Å². The van der Waals surface area contributed by atoms with Crippen LogP contribution in [0.15, 0.2) is 53.6 Å². The molecule has 0 N–H and O–H groups in total. The van der Waals surface area contributed by atoms with Crippen molar-refractivity contribution < 1.29 is 42.9 Å². The highest BCUT2D eigenvalue weighted by Gasteiger charge is 2.52. The number of carbonyl (C=O) groups excluding carboxylic acids is 4. The van der Waals surface area contributed by atoms with Gasteiger partial charge in [-0.2, -0.15) is 0 Å². The van der Waals surface area contributed by atoms with Gasteiger partial charge in [-0.05, 0) is 6.92 Å². The van der Waals surface area contributed by atoms with Crippen molar-refractivity contribution in [2.24, 2.45) is 0 Å². The van der Waals surface area contributed by atoms with Crippen molar-refractivity contribution in [2.75, 3.05) is 6.61 Å². The number of ether oxygens (including phenoxy) is 5. The van der Waals surface area contributed by atoms with Gasteiger partial charge in [0, 0.05) is 44.0 Å². The van der Waals surface area contributed by atoms with Gasteiger partial charge >= 0.3 is 23.9 Å². The number of benzene rings is 2. The summed E-state index contributed by atoms with van der Waals surface area (Å²) in [5.74, 6) is -2.66. The summed E-state index contributed by atoms with van der Waals surface area (Å²) in [6, 6.07) is 15.5. The molecule has 0 unspecified atom stereocenters. The number of hydrogen-bond donors (Lipinski definition) is 0. The molecule has 2 heterocycles. The lowest BCUT2D eigenvalue weighted by Crippen LogP contribution is -2.61. The molecule has 2 aromatic carbocycles. The van der Waals surface area contributed by atoms with E-state index in [0.29, 0.717) is 10.7 Å². The first-order chi connectivity index (χ1) is 19.5. The zero-order valence-corrected chi connectivity index (χ0v) is 24.0. The maximum absolute atomic E-state index is 12.2. The van der Waals surface area contributed by atoms with Gasteiger partial charge in [-0.3, -0.25) is 19.2 Å². The van der Waals surface area contributed by atoms with Gasteiger partial charge in [0.1, 0.15) is 23.4 Å². The highest BCUT2D eigenvalue weighted by Crippen LogP contribution is 2.40. The molecule has 5 atom stereocenters. The Kier molecular flexibility index (Phi) is 9.56. The second kappa shape index (κ2) is 13.1. The van der Waals surface area contributed by atoms with Gasteiger partial charge in [-0.15, -0.1) is 10.2 Å². The van der Waals surface area contributed by atoms with Crippen molar-refractivity contribution in [3.63, 3.8) is 0 Å². The summed E-state index contributed by atoms with van der Waals surface area (Å²) in [5.41, 5.74) is 1.68. The predicted octanol–water partition coefficient (Wildman–Crippen LogP) is 3.78. The van der Waals surface area contributed by atoms with Crippen LogP contribution in [0.3, 0.4) is 0 Å². The summed E-state index contributed by atoms with van der Waals surface area (Å²) in [7, 11) is 0. The number of rotatable bonds is 8. The Labute approximate surface area is 240 Å². The molecule has 41 heavy (non-hydrogen) atoms. The highest BCUT2D eigenvalue weighted by atomic mass is 32.2. The van der Waals surface area contributed by atoms with Crippen LogP contribution in [0.4, 0.5) is 0 Å². The molecule has 3 aromatic rings. The van der Waals surface area contributed by atoms with Crippen LogP contribution in [0.1, 0.15) is 33.3 Å². The number of aryl methyl sites for hydroxylation is 1. The number of thioether (sulfide) groups is 1. The average Bonchev–Trinajstić information content (AvgIpc) is 2.91. The van der Waals surface area contributed by atoms with Gasteiger partial charge in [0.15, 0.2) is 23.7 Å². The quantitative estimate of drug-likeness (QED) is 0.282. The van der Waals surface area contributed by atoms with Crippen molar-refractivity contribution in [2.45, 2.75) is 69.5 Å². The van der Waals surface area contributed by atoms with Crippen LogP contribution in [0, 0.1) is 6.92 Å². The lowest BCUT2D eigenvalue weighted by molar-refractivity contribution is -0.237. The van der Waals surface area contributed by atoms with Gasteiger partial charge in [-0.25, -0.2) is 0 Å². The maximum atomic E-state index is 12.2. The minimum absolute atomic E-state index is 0.312. The minimum Gasteiger partial charge on any atom is -0.463 e. The first-order valence-electron chi connectivity index (χ1n) is 12.8.